The molecule has 1 unspecified atom stereocenters. The molecule has 3 rings (SSSR count). The predicted octanol–water partition coefficient (Wildman–Crippen LogP) is 0.490. The Morgan fingerprint density at radius 1 is 1.57 bits per heavy atom. The minimum atomic E-state index is 0.483. The van der Waals surface area contributed by atoms with E-state index in [1.54, 1.807) is 0 Å². The summed E-state index contributed by atoms with van der Waals surface area (Å²) in [6, 6.07) is 0.483. The highest BCUT2D eigenvalue weighted by atomic mass is 16.5. The second-order valence-corrected chi connectivity index (χ2v) is 4.01. The van der Waals surface area contributed by atoms with Crippen LogP contribution in [0, 0.1) is 0 Å². The molecule has 1 aromatic heterocycles. The van der Waals surface area contributed by atoms with Gasteiger partial charge in [0.25, 0.3) is 0 Å². The van der Waals surface area contributed by atoms with Crippen molar-refractivity contribution in [3.63, 3.8) is 0 Å². The summed E-state index contributed by atoms with van der Waals surface area (Å²) in [6.45, 7) is 3.77. The largest absolute Gasteiger partial charge is 0.379 e. The molecule has 0 amide bonds. The number of nitrogens with zero attached hydrogens (tertiary/aromatic N) is 2. The molecule has 1 atom stereocenters. The van der Waals surface area contributed by atoms with Crippen LogP contribution in [-0.4, -0.2) is 29.5 Å². The highest BCUT2D eigenvalue weighted by Gasteiger charge is 2.23. The number of ether oxygens (including phenoxy) is 1. The molecule has 1 aromatic rings. The molecule has 0 spiro atoms. The van der Waals surface area contributed by atoms with E-state index in [9.17, 15) is 0 Å². The van der Waals surface area contributed by atoms with Gasteiger partial charge in [0.15, 0.2) is 0 Å². The van der Waals surface area contributed by atoms with E-state index < -0.39 is 0 Å². The highest BCUT2D eigenvalue weighted by molar-refractivity contribution is 5.21. The van der Waals surface area contributed by atoms with Crippen LogP contribution in [0.5, 0.6) is 0 Å². The van der Waals surface area contributed by atoms with Crippen LogP contribution >= 0.6 is 0 Å². The Kier molecular flexibility index (Phi) is 2.03. The zero-order valence-corrected chi connectivity index (χ0v) is 8.20. The topological polar surface area (TPSA) is 39.1 Å². The summed E-state index contributed by atoms with van der Waals surface area (Å²) in [5.41, 5.74) is 2.78. The molecule has 1 fully saturated rings. The molecule has 0 aromatic carbocycles. The Bertz CT molecular complexity index is 328. The van der Waals surface area contributed by atoms with Crippen LogP contribution in [0.3, 0.4) is 0 Å². The molecule has 2 aliphatic rings. The molecule has 4 heteroatoms. The van der Waals surface area contributed by atoms with Gasteiger partial charge in [-0.05, 0) is 6.42 Å². The van der Waals surface area contributed by atoms with Crippen molar-refractivity contribution in [1.29, 1.82) is 0 Å². The van der Waals surface area contributed by atoms with Crippen molar-refractivity contribution in [2.75, 3.05) is 19.8 Å². The molecular weight excluding hydrogens is 178 g/mol. The third-order valence-electron chi connectivity index (χ3n) is 3.09. The number of rotatable bonds is 1. The zero-order chi connectivity index (χ0) is 9.38. The molecule has 2 aliphatic heterocycles. The van der Waals surface area contributed by atoms with E-state index in [0.717, 1.165) is 39.1 Å². The van der Waals surface area contributed by atoms with Gasteiger partial charge < -0.3 is 10.1 Å². The van der Waals surface area contributed by atoms with Gasteiger partial charge in [0.05, 0.1) is 18.8 Å². The fraction of sp³-hybridized carbons (Fsp3) is 0.700. The van der Waals surface area contributed by atoms with Crippen molar-refractivity contribution in [1.82, 2.24) is 15.1 Å². The fourth-order valence-corrected chi connectivity index (χ4v) is 2.31. The fourth-order valence-electron chi connectivity index (χ4n) is 2.31. The van der Waals surface area contributed by atoms with Crippen molar-refractivity contribution >= 4 is 0 Å². The van der Waals surface area contributed by atoms with Gasteiger partial charge >= 0.3 is 0 Å². The van der Waals surface area contributed by atoms with Gasteiger partial charge in [-0.3, -0.25) is 4.68 Å². The molecule has 1 N–H and O–H groups in total. The summed E-state index contributed by atoms with van der Waals surface area (Å²) in [4.78, 5) is 0. The van der Waals surface area contributed by atoms with Crippen molar-refractivity contribution in [3.05, 3.63) is 17.5 Å². The molecule has 0 saturated carbocycles. The normalized spacial score (nSPS) is 26.4. The number of nitrogens with one attached hydrogen (secondary N) is 1. The first-order valence-corrected chi connectivity index (χ1v) is 5.29. The van der Waals surface area contributed by atoms with E-state index in [-0.39, 0.29) is 0 Å². The molecule has 0 bridgehead atoms. The monoisotopic (exact) mass is 193 g/mol. The van der Waals surface area contributed by atoms with E-state index in [1.807, 2.05) is 6.20 Å². The van der Waals surface area contributed by atoms with Crippen molar-refractivity contribution in [2.24, 2.45) is 0 Å². The van der Waals surface area contributed by atoms with E-state index in [2.05, 4.69) is 15.1 Å². The number of hydrogen-bond acceptors (Lipinski definition) is 3. The third-order valence-corrected chi connectivity index (χ3v) is 3.09. The van der Waals surface area contributed by atoms with Gasteiger partial charge in [0, 0.05) is 37.4 Å². The molecule has 0 radical (unpaired) electrons. The van der Waals surface area contributed by atoms with Gasteiger partial charge in [-0.15, -0.1) is 0 Å². The minimum Gasteiger partial charge on any atom is -0.379 e. The maximum absolute atomic E-state index is 5.40. The van der Waals surface area contributed by atoms with E-state index in [1.165, 1.54) is 11.3 Å². The SMILES string of the molecule is c1nn(C2CCOC2)c2c1CNCC2. The van der Waals surface area contributed by atoms with Crippen LogP contribution in [-0.2, 0) is 17.7 Å². The Morgan fingerprint density at radius 3 is 3.43 bits per heavy atom. The van der Waals surface area contributed by atoms with Crippen molar-refractivity contribution in [3.8, 4) is 0 Å². The summed E-state index contributed by atoms with van der Waals surface area (Å²) >= 11 is 0. The van der Waals surface area contributed by atoms with Crippen LogP contribution in [0.4, 0.5) is 0 Å². The Labute approximate surface area is 83.2 Å². The smallest absolute Gasteiger partial charge is 0.0777 e. The van der Waals surface area contributed by atoms with Crippen LogP contribution in [0.25, 0.3) is 0 Å². The van der Waals surface area contributed by atoms with Gasteiger partial charge in [-0.2, -0.15) is 5.10 Å². The first kappa shape index (κ1) is 8.44. The summed E-state index contributed by atoms with van der Waals surface area (Å²) in [7, 11) is 0. The standard InChI is InChI=1S/C10H15N3O/c1-3-11-5-8-6-12-13(10(1)8)9-2-4-14-7-9/h6,9,11H,1-5,7H2. The number of aromatic nitrogens is 2. The molecule has 3 heterocycles. The van der Waals surface area contributed by atoms with Gasteiger partial charge in [0.1, 0.15) is 0 Å². The first-order valence-electron chi connectivity index (χ1n) is 5.29. The summed E-state index contributed by atoms with van der Waals surface area (Å²) in [6.07, 6.45) is 4.22. The maximum Gasteiger partial charge on any atom is 0.0777 e. The van der Waals surface area contributed by atoms with E-state index in [4.69, 9.17) is 4.74 Å². The van der Waals surface area contributed by atoms with Crippen LogP contribution < -0.4 is 5.32 Å². The predicted molar refractivity (Wildman–Crippen MR) is 52.1 cm³/mol. The van der Waals surface area contributed by atoms with Gasteiger partial charge in [-0.25, -0.2) is 0 Å². The van der Waals surface area contributed by atoms with Gasteiger partial charge in [0.2, 0.25) is 0 Å². The van der Waals surface area contributed by atoms with Crippen molar-refractivity contribution < 1.29 is 4.74 Å². The molecular formula is C10H15N3O. The lowest BCUT2D eigenvalue weighted by Crippen LogP contribution is -2.26. The second-order valence-electron chi connectivity index (χ2n) is 4.01. The Balaban J connectivity index is 1.93. The van der Waals surface area contributed by atoms with Crippen molar-refractivity contribution in [2.45, 2.75) is 25.4 Å². The second kappa shape index (κ2) is 3.37. The Hall–Kier alpha value is -0.870. The summed E-state index contributed by atoms with van der Waals surface area (Å²) < 4.78 is 7.58. The average Bonchev–Trinajstić information content (AvgIpc) is 2.85. The summed E-state index contributed by atoms with van der Waals surface area (Å²) in [5, 5.41) is 7.84. The first-order chi connectivity index (χ1) is 6.95. The number of fused-ring (bicyclic) bond motifs is 1. The molecule has 4 nitrogen and oxygen atoms in total. The molecule has 76 valence electrons. The quantitative estimate of drug-likeness (QED) is 0.705. The Morgan fingerprint density at radius 2 is 2.57 bits per heavy atom. The zero-order valence-electron chi connectivity index (χ0n) is 8.20. The number of hydrogen-bond donors (Lipinski definition) is 1. The third kappa shape index (κ3) is 1.26. The average molecular weight is 193 g/mol. The molecule has 14 heavy (non-hydrogen) atoms. The van der Waals surface area contributed by atoms with Crippen LogP contribution in [0.1, 0.15) is 23.7 Å². The minimum absolute atomic E-state index is 0.483. The maximum atomic E-state index is 5.40. The van der Waals surface area contributed by atoms with Gasteiger partial charge in [-0.1, -0.05) is 0 Å². The lowest BCUT2D eigenvalue weighted by molar-refractivity contribution is 0.184. The highest BCUT2D eigenvalue weighted by Crippen LogP contribution is 2.23. The molecule has 0 aliphatic carbocycles. The van der Waals surface area contributed by atoms with Crippen LogP contribution in [0.2, 0.25) is 0 Å². The van der Waals surface area contributed by atoms with E-state index >= 15 is 0 Å². The van der Waals surface area contributed by atoms with E-state index in [0.29, 0.717) is 6.04 Å². The van der Waals surface area contributed by atoms with Crippen LogP contribution in [0.15, 0.2) is 6.20 Å². The summed E-state index contributed by atoms with van der Waals surface area (Å²) in [5.74, 6) is 0. The lowest BCUT2D eigenvalue weighted by Gasteiger charge is -2.18. The molecule has 1 saturated heterocycles. The lowest BCUT2D eigenvalue weighted by atomic mass is 10.1.